The van der Waals surface area contributed by atoms with Gasteiger partial charge in [-0.05, 0) is 106 Å². The lowest BCUT2D eigenvalue weighted by Crippen LogP contribution is -2.53. The third-order valence-electron chi connectivity index (χ3n) is 14.9. The minimum atomic E-state index is -0.368. The van der Waals surface area contributed by atoms with E-state index in [4.69, 9.17) is 4.74 Å². The van der Waals surface area contributed by atoms with Crippen molar-refractivity contribution in [3.8, 4) is 61.7 Å². The molecule has 0 bridgehead atoms. The molecule has 0 unspecified atom stereocenters. The molecule has 6 aromatic carbocycles. The van der Waals surface area contributed by atoms with Gasteiger partial charge in [-0.25, -0.2) is 0 Å². The SMILES string of the molecule is C=C/C=C(\C=C)c1cc(-c2ccccc2)cc2c1Oc1cc(-c3c(-c4ccccc4)cccc3-c3ccccc3)cc3c1B2n1c(=O)c2c(n1-3)C1(CCCC1)CC21CCCC1. The maximum absolute atomic E-state index is 15.9. The highest BCUT2D eigenvalue weighted by molar-refractivity contribution is 6.87. The van der Waals surface area contributed by atoms with E-state index in [2.05, 4.69) is 156 Å². The monoisotopic (exact) mass is 790 g/mol. The zero-order chi connectivity index (χ0) is 40.9. The highest BCUT2D eigenvalue weighted by Gasteiger charge is 2.60. The van der Waals surface area contributed by atoms with E-state index in [1.165, 1.54) is 31.4 Å². The summed E-state index contributed by atoms with van der Waals surface area (Å²) < 4.78 is 12.0. The van der Waals surface area contributed by atoms with Crippen LogP contribution in [0.1, 0.15) is 74.6 Å². The zero-order valence-electron chi connectivity index (χ0n) is 34.5. The van der Waals surface area contributed by atoms with Crippen LogP contribution in [0.4, 0.5) is 0 Å². The van der Waals surface area contributed by atoms with Crippen LogP contribution in [0.3, 0.4) is 0 Å². The molecule has 1 aromatic heterocycles. The van der Waals surface area contributed by atoms with Crippen LogP contribution < -0.4 is 21.2 Å². The van der Waals surface area contributed by atoms with Crippen LogP contribution in [0.15, 0.2) is 170 Å². The maximum atomic E-state index is 15.9. The summed E-state index contributed by atoms with van der Waals surface area (Å²) >= 11 is 0. The van der Waals surface area contributed by atoms with Crippen molar-refractivity contribution in [1.29, 1.82) is 0 Å². The Kier molecular flexibility index (Phi) is 8.16. The van der Waals surface area contributed by atoms with Gasteiger partial charge in [-0.1, -0.05) is 172 Å². The molecule has 12 rings (SSSR count). The average molecular weight is 791 g/mol. The van der Waals surface area contributed by atoms with Crippen molar-refractivity contribution in [2.45, 2.75) is 68.6 Å². The largest absolute Gasteiger partial charge is 0.458 e. The van der Waals surface area contributed by atoms with E-state index in [1.54, 1.807) is 0 Å². The van der Waals surface area contributed by atoms with Gasteiger partial charge in [-0.3, -0.25) is 14.1 Å². The number of hydrogen-bond acceptors (Lipinski definition) is 2. The van der Waals surface area contributed by atoms with Gasteiger partial charge in [-0.2, -0.15) is 0 Å². The molecule has 0 radical (unpaired) electrons. The van der Waals surface area contributed by atoms with E-state index in [-0.39, 0.29) is 23.2 Å². The van der Waals surface area contributed by atoms with Gasteiger partial charge < -0.3 is 4.74 Å². The van der Waals surface area contributed by atoms with Crippen molar-refractivity contribution in [3.63, 3.8) is 0 Å². The van der Waals surface area contributed by atoms with Crippen molar-refractivity contribution >= 4 is 23.3 Å². The second-order valence-electron chi connectivity index (χ2n) is 18.1. The molecule has 3 heterocycles. The van der Waals surface area contributed by atoms with Crippen LogP contribution in [0, 0.1) is 0 Å². The fourth-order valence-electron chi connectivity index (χ4n) is 12.5. The molecule has 7 aromatic rings. The van der Waals surface area contributed by atoms with Gasteiger partial charge in [0, 0.05) is 27.4 Å². The first-order valence-corrected chi connectivity index (χ1v) is 22.2. The Bertz CT molecular complexity index is 2980. The van der Waals surface area contributed by atoms with E-state index in [0.29, 0.717) is 0 Å². The molecule has 61 heavy (non-hydrogen) atoms. The van der Waals surface area contributed by atoms with E-state index in [0.717, 1.165) is 121 Å². The Morgan fingerprint density at radius 1 is 0.656 bits per heavy atom. The van der Waals surface area contributed by atoms with Crippen molar-refractivity contribution < 1.29 is 4.74 Å². The summed E-state index contributed by atoms with van der Waals surface area (Å²) in [5.74, 6) is 1.56. The van der Waals surface area contributed by atoms with Crippen LogP contribution >= 0.6 is 0 Å². The molecule has 3 aliphatic carbocycles. The molecule has 0 amide bonds. The maximum Gasteiger partial charge on any atom is 0.361 e. The second kappa shape index (κ2) is 13.7. The minimum absolute atomic E-state index is 0.0128. The quantitative estimate of drug-likeness (QED) is 0.119. The number of nitrogens with zero attached hydrogens (tertiary/aromatic N) is 2. The summed E-state index contributed by atoms with van der Waals surface area (Å²) in [6, 6.07) is 47.8. The topological polar surface area (TPSA) is 36.2 Å². The molecule has 0 N–H and O–H groups in total. The van der Waals surface area contributed by atoms with Crippen molar-refractivity contribution in [2.24, 2.45) is 0 Å². The van der Waals surface area contributed by atoms with Crippen LogP contribution in [-0.2, 0) is 10.8 Å². The Morgan fingerprint density at radius 2 is 1.26 bits per heavy atom. The number of allylic oxidation sites excluding steroid dienone is 4. The number of ether oxygens (including phenoxy) is 1. The number of hydrogen-bond donors (Lipinski definition) is 0. The fraction of sp³-hybridized carbons (Fsp3) is 0.196. The van der Waals surface area contributed by atoms with Crippen LogP contribution in [0.5, 0.6) is 11.5 Å². The highest BCUT2D eigenvalue weighted by atomic mass is 16.5. The molecule has 5 aliphatic rings. The van der Waals surface area contributed by atoms with E-state index < -0.39 is 0 Å². The van der Waals surface area contributed by atoms with Crippen molar-refractivity contribution in [3.05, 3.63) is 192 Å². The molecule has 0 saturated heterocycles. The Balaban J connectivity index is 1.21. The summed E-state index contributed by atoms with van der Waals surface area (Å²) in [4.78, 5) is 15.9. The Hall–Kier alpha value is -6.59. The van der Waals surface area contributed by atoms with Gasteiger partial charge in [0.05, 0.1) is 11.4 Å². The summed E-state index contributed by atoms with van der Waals surface area (Å²) in [5.41, 5.74) is 16.5. The van der Waals surface area contributed by atoms with Gasteiger partial charge in [0.2, 0.25) is 0 Å². The van der Waals surface area contributed by atoms with Gasteiger partial charge in [0.15, 0.2) is 0 Å². The lowest BCUT2D eigenvalue weighted by atomic mass is 9.49. The first-order valence-electron chi connectivity index (χ1n) is 22.2. The summed E-state index contributed by atoms with van der Waals surface area (Å²) in [7, 11) is 0. The first kappa shape index (κ1) is 36.3. The third-order valence-corrected chi connectivity index (χ3v) is 14.9. The fourth-order valence-corrected chi connectivity index (χ4v) is 12.5. The summed E-state index contributed by atoms with van der Waals surface area (Å²) in [5, 5.41) is 0. The minimum Gasteiger partial charge on any atom is -0.458 e. The number of benzene rings is 6. The van der Waals surface area contributed by atoms with E-state index >= 15 is 4.79 Å². The predicted molar refractivity (Wildman–Crippen MR) is 252 cm³/mol. The van der Waals surface area contributed by atoms with Crippen LogP contribution in [0.25, 0.3) is 55.8 Å². The molecular formula is C56H47BN2O2. The molecular weight excluding hydrogens is 743 g/mol. The van der Waals surface area contributed by atoms with Gasteiger partial charge in [-0.15, -0.1) is 0 Å². The van der Waals surface area contributed by atoms with Gasteiger partial charge in [0.1, 0.15) is 11.5 Å². The molecule has 0 atom stereocenters. The predicted octanol–water partition coefficient (Wildman–Crippen LogP) is 12.2. The van der Waals surface area contributed by atoms with Crippen molar-refractivity contribution in [2.75, 3.05) is 0 Å². The average Bonchev–Trinajstić information content (AvgIpc) is 4.15. The molecule has 2 aliphatic heterocycles. The molecule has 2 spiro atoms. The second-order valence-corrected chi connectivity index (χ2v) is 18.1. The molecule has 5 heteroatoms. The first-order chi connectivity index (χ1) is 30.0. The van der Waals surface area contributed by atoms with Gasteiger partial charge in [0.25, 0.3) is 5.56 Å². The lowest BCUT2D eigenvalue weighted by molar-refractivity contribution is 0.311. The van der Waals surface area contributed by atoms with Crippen LogP contribution in [-0.4, -0.2) is 16.1 Å². The Labute approximate surface area is 358 Å². The van der Waals surface area contributed by atoms with Crippen molar-refractivity contribution in [1.82, 2.24) is 9.27 Å². The van der Waals surface area contributed by atoms with Gasteiger partial charge >= 0.3 is 6.85 Å². The lowest BCUT2D eigenvalue weighted by Gasteiger charge is -2.30. The molecule has 296 valence electrons. The standard InChI is InChI=1S/C56H47BN2O2/c1-3-19-37(4-2)45-32-41(38-20-8-5-9-21-38)33-46-52(45)61-48-35-42(49-43(39-22-10-6-11-23-39)26-18-27-44(49)40-24-12-7-13-25-40)34-47-51(48)57(46)59-54(60)50-53(58(47)59)56(30-16-17-31-56)36-55(50)28-14-15-29-55/h3-13,18-27,32-35H,1-2,14-17,28-31,36H2/b37-19+. The molecule has 4 nitrogen and oxygen atoms in total. The number of aromatic nitrogens is 2. The highest BCUT2D eigenvalue weighted by Crippen LogP contribution is 2.62. The normalized spacial score (nSPS) is 17.2. The number of rotatable bonds is 7. The van der Waals surface area contributed by atoms with E-state index in [1.807, 2.05) is 18.2 Å². The summed E-state index contributed by atoms with van der Waals surface area (Å²) in [6.07, 6.45) is 16.1. The third kappa shape index (κ3) is 5.22. The van der Waals surface area contributed by atoms with E-state index in [9.17, 15) is 0 Å². The van der Waals surface area contributed by atoms with Crippen LogP contribution in [0.2, 0.25) is 0 Å². The smallest absolute Gasteiger partial charge is 0.361 e. The molecule has 2 fully saturated rings. The Morgan fingerprint density at radius 3 is 1.87 bits per heavy atom. The number of fused-ring (bicyclic) bond motifs is 9. The summed E-state index contributed by atoms with van der Waals surface area (Å²) in [6.45, 7) is 7.98. The molecule has 2 saturated carbocycles. The zero-order valence-corrected chi connectivity index (χ0v) is 34.5.